The first-order valence-electron chi connectivity index (χ1n) is 13.6. The molecule has 0 heterocycles. The SMILES string of the molecule is COc1ccc(OC)c(N(CC(=O)N(Cc2ccc(Cl)cc2Cl)C(C)C(=O)NCC(C)C)S(=O)(=O)c2ccc(C)cc2)c1. The second-order valence-corrected chi connectivity index (χ2v) is 13.1. The topological polar surface area (TPSA) is 105 Å². The van der Waals surface area contributed by atoms with Crippen molar-refractivity contribution in [3.05, 3.63) is 81.8 Å². The number of carbonyl (C=O) groups is 2. The fraction of sp³-hybridized carbons (Fsp3) is 0.355. The molecule has 1 N–H and O–H groups in total. The molecule has 0 bridgehead atoms. The monoisotopic (exact) mass is 649 g/mol. The number of benzene rings is 3. The molecule has 0 aliphatic rings. The van der Waals surface area contributed by atoms with Gasteiger partial charge in [0.15, 0.2) is 0 Å². The molecule has 9 nitrogen and oxygen atoms in total. The highest BCUT2D eigenvalue weighted by Gasteiger charge is 2.34. The Labute approximate surface area is 263 Å². The lowest BCUT2D eigenvalue weighted by molar-refractivity contribution is -0.139. The van der Waals surface area contributed by atoms with Crippen LogP contribution < -0.4 is 19.1 Å². The van der Waals surface area contributed by atoms with E-state index >= 15 is 0 Å². The lowest BCUT2D eigenvalue weighted by atomic mass is 10.1. The number of hydrogen-bond acceptors (Lipinski definition) is 6. The average molecular weight is 651 g/mol. The van der Waals surface area contributed by atoms with Gasteiger partial charge in [-0.3, -0.25) is 13.9 Å². The van der Waals surface area contributed by atoms with Gasteiger partial charge in [-0.15, -0.1) is 0 Å². The normalized spacial score (nSPS) is 12.0. The summed E-state index contributed by atoms with van der Waals surface area (Å²) < 4.78 is 40.1. The number of nitrogens with one attached hydrogen (secondary N) is 1. The van der Waals surface area contributed by atoms with Crippen molar-refractivity contribution < 1.29 is 27.5 Å². The maximum absolute atomic E-state index is 14.2. The van der Waals surface area contributed by atoms with Gasteiger partial charge in [0.2, 0.25) is 11.8 Å². The second kappa shape index (κ2) is 14.8. The van der Waals surface area contributed by atoms with Gasteiger partial charge in [0, 0.05) is 29.2 Å². The minimum atomic E-state index is -4.30. The lowest BCUT2D eigenvalue weighted by Crippen LogP contribution is -2.51. The number of amides is 2. The Kier molecular flexibility index (Phi) is 11.7. The van der Waals surface area contributed by atoms with Crippen LogP contribution in [0.4, 0.5) is 5.69 Å². The van der Waals surface area contributed by atoms with Crippen molar-refractivity contribution in [3.8, 4) is 11.5 Å². The summed E-state index contributed by atoms with van der Waals surface area (Å²) in [6.07, 6.45) is 0. The third kappa shape index (κ3) is 8.55. The van der Waals surface area contributed by atoms with Crippen molar-refractivity contribution in [3.63, 3.8) is 0 Å². The van der Waals surface area contributed by atoms with Crippen molar-refractivity contribution in [2.24, 2.45) is 5.92 Å². The molecular weight excluding hydrogens is 613 g/mol. The average Bonchev–Trinajstić information content (AvgIpc) is 2.97. The van der Waals surface area contributed by atoms with Gasteiger partial charge in [0.1, 0.15) is 24.1 Å². The molecule has 0 radical (unpaired) electrons. The minimum Gasteiger partial charge on any atom is -0.497 e. The van der Waals surface area contributed by atoms with E-state index in [0.717, 1.165) is 9.87 Å². The largest absolute Gasteiger partial charge is 0.497 e. The molecular formula is C31H37Cl2N3O6S. The van der Waals surface area contributed by atoms with Crippen LogP contribution in [0.2, 0.25) is 10.0 Å². The van der Waals surface area contributed by atoms with Gasteiger partial charge in [-0.05, 0) is 61.7 Å². The van der Waals surface area contributed by atoms with Crippen LogP contribution in [0.25, 0.3) is 0 Å². The Balaban J connectivity index is 2.13. The predicted octanol–water partition coefficient (Wildman–Crippen LogP) is 5.70. The lowest BCUT2D eigenvalue weighted by Gasteiger charge is -2.32. The summed E-state index contributed by atoms with van der Waals surface area (Å²) in [5.74, 6) is -0.280. The zero-order valence-corrected chi connectivity index (χ0v) is 27.4. The molecule has 12 heteroatoms. The molecule has 232 valence electrons. The van der Waals surface area contributed by atoms with Crippen molar-refractivity contribution in [1.82, 2.24) is 10.2 Å². The first kappa shape index (κ1) is 34.0. The zero-order valence-electron chi connectivity index (χ0n) is 25.1. The standard InChI is InChI=1S/C31H37Cl2N3O6S/c1-20(2)17-34-31(38)22(4)35(18-23-9-10-24(32)15-27(23)33)30(37)19-36(28-16-25(41-5)11-14-29(28)42-6)43(39,40)26-12-7-21(3)8-13-26/h7-16,20,22H,17-19H2,1-6H3,(H,34,38). The smallest absolute Gasteiger partial charge is 0.264 e. The number of hydrogen-bond donors (Lipinski definition) is 1. The summed E-state index contributed by atoms with van der Waals surface area (Å²) in [5.41, 5.74) is 1.50. The van der Waals surface area contributed by atoms with E-state index in [9.17, 15) is 18.0 Å². The molecule has 3 rings (SSSR count). The number of rotatable bonds is 13. The third-order valence-electron chi connectivity index (χ3n) is 6.75. The number of carbonyl (C=O) groups excluding carboxylic acids is 2. The van der Waals surface area contributed by atoms with Crippen LogP contribution in [-0.2, 0) is 26.2 Å². The number of sulfonamides is 1. The zero-order chi connectivity index (χ0) is 31.9. The molecule has 2 amide bonds. The Bertz CT molecular complexity index is 1550. The first-order chi connectivity index (χ1) is 20.3. The number of nitrogens with zero attached hydrogens (tertiary/aromatic N) is 2. The van der Waals surface area contributed by atoms with Crippen molar-refractivity contribution in [2.45, 2.75) is 45.2 Å². The molecule has 0 fully saturated rings. The van der Waals surface area contributed by atoms with Crippen LogP contribution in [-0.4, -0.2) is 58.5 Å². The van der Waals surface area contributed by atoms with Crippen LogP contribution in [0.15, 0.2) is 65.6 Å². The molecule has 1 atom stereocenters. The van der Waals surface area contributed by atoms with E-state index in [1.54, 1.807) is 49.4 Å². The molecule has 0 saturated carbocycles. The maximum atomic E-state index is 14.2. The van der Waals surface area contributed by atoms with Crippen molar-refractivity contribution >= 4 is 50.7 Å². The van der Waals surface area contributed by atoms with Gasteiger partial charge in [-0.1, -0.05) is 60.8 Å². The molecule has 0 aliphatic carbocycles. The third-order valence-corrected chi connectivity index (χ3v) is 9.11. The Hall–Kier alpha value is -3.47. The van der Waals surface area contributed by atoms with E-state index in [4.69, 9.17) is 32.7 Å². The van der Waals surface area contributed by atoms with E-state index < -0.39 is 28.5 Å². The summed E-state index contributed by atoms with van der Waals surface area (Å²) in [4.78, 5) is 28.6. The molecule has 3 aromatic carbocycles. The molecule has 3 aromatic rings. The highest BCUT2D eigenvalue weighted by Crippen LogP contribution is 2.36. The van der Waals surface area contributed by atoms with Crippen LogP contribution in [0, 0.1) is 12.8 Å². The highest BCUT2D eigenvalue weighted by atomic mass is 35.5. The molecule has 0 aliphatic heterocycles. The predicted molar refractivity (Wildman–Crippen MR) is 170 cm³/mol. The summed E-state index contributed by atoms with van der Waals surface area (Å²) in [7, 11) is -1.45. The number of anilines is 1. The molecule has 0 saturated heterocycles. The second-order valence-electron chi connectivity index (χ2n) is 10.4. The number of methoxy groups -OCH3 is 2. The van der Waals surface area contributed by atoms with E-state index in [0.29, 0.717) is 27.9 Å². The summed E-state index contributed by atoms with van der Waals surface area (Å²) in [6.45, 7) is 7.03. The van der Waals surface area contributed by atoms with E-state index in [1.165, 1.54) is 37.3 Å². The minimum absolute atomic E-state index is 0.0224. The Morgan fingerprint density at radius 3 is 2.19 bits per heavy atom. The van der Waals surface area contributed by atoms with Crippen LogP contribution in [0.1, 0.15) is 31.9 Å². The van der Waals surface area contributed by atoms with Crippen molar-refractivity contribution in [1.29, 1.82) is 0 Å². The van der Waals surface area contributed by atoms with Crippen LogP contribution >= 0.6 is 23.2 Å². The van der Waals surface area contributed by atoms with Crippen LogP contribution in [0.3, 0.4) is 0 Å². The van der Waals surface area contributed by atoms with Gasteiger partial charge in [0.05, 0.1) is 24.8 Å². The molecule has 0 aromatic heterocycles. The van der Waals surface area contributed by atoms with Gasteiger partial charge in [-0.2, -0.15) is 0 Å². The van der Waals surface area contributed by atoms with E-state index in [2.05, 4.69) is 5.32 Å². The number of aryl methyl sites for hydroxylation is 1. The van der Waals surface area contributed by atoms with E-state index in [-0.39, 0.29) is 34.7 Å². The summed E-state index contributed by atoms with van der Waals surface area (Å²) in [5, 5.41) is 3.57. The number of ether oxygens (including phenoxy) is 2. The van der Waals surface area contributed by atoms with Gasteiger partial charge in [-0.25, -0.2) is 8.42 Å². The van der Waals surface area contributed by atoms with E-state index in [1.807, 2.05) is 20.8 Å². The van der Waals surface area contributed by atoms with Gasteiger partial charge < -0.3 is 19.7 Å². The van der Waals surface area contributed by atoms with Crippen LogP contribution in [0.5, 0.6) is 11.5 Å². The quantitative estimate of drug-likeness (QED) is 0.255. The highest BCUT2D eigenvalue weighted by molar-refractivity contribution is 7.92. The molecule has 0 spiro atoms. The maximum Gasteiger partial charge on any atom is 0.264 e. The summed E-state index contributed by atoms with van der Waals surface area (Å²) in [6, 6.07) is 14.8. The first-order valence-corrected chi connectivity index (χ1v) is 15.8. The fourth-order valence-electron chi connectivity index (χ4n) is 4.21. The van der Waals surface area contributed by atoms with Gasteiger partial charge >= 0.3 is 0 Å². The fourth-order valence-corrected chi connectivity index (χ4v) is 6.10. The molecule has 43 heavy (non-hydrogen) atoms. The number of halogens is 2. The molecule has 1 unspecified atom stereocenters. The van der Waals surface area contributed by atoms with Gasteiger partial charge in [0.25, 0.3) is 10.0 Å². The Morgan fingerprint density at radius 2 is 1.60 bits per heavy atom. The summed E-state index contributed by atoms with van der Waals surface area (Å²) >= 11 is 12.5. The van der Waals surface area contributed by atoms with Crippen molar-refractivity contribution in [2.75, 3.05) is 31.6 Å². The Morgan fingerprint density at radius 1 is 0.930 bits per heavy atom.